The first-order valence-electron chi connectivity index (χ1n) is 6.25. The van der Waals surface area contributed by atoms with Crippen LogP contribution in [0.1, 0.15) is 50.9 Å². The molecule has 1 saturated heterocycles. The van der Waals surface area contributed by atoms with E-state index in [1.165, 1.54) is 24.1 Å². The van der Waals surface area contributed by atoms with E-state index >= 15 is 0 Å². The van der Waals surface area contributed by atoms with Crippen LogP contribution in [0.5, 0.6) is 0 Å². The number of rotatable bonds is 1. The standard InChI is InChI=1S/C13H23N3/c1-10-12(13(2,3)4)9-15-16(10)11-5-7-14-8-6-11/h9,11,14H,5-8H2,1-4H3. The normalized spacial score (nSPS) is 19.0. The first-order chi connectivity index (χ1) is 7.50. The lowest BCUT2D eigenvalue weighted by molar-refractivity contribution is 0.337. The monoisotopic (exact) mass is 221 g/mol. The molecule has 0 aromatic carbocycles. The number of nitrogens with one attached hydrogen (secondary N) is 1. The summed E-state index contributed by atoms with van der Waals surface area (Å²) < 4.78 is 2.24. The maximum atomic E-state index is 4.59. The van der Waals surface area contributed by atoms with Crippen molar-refractivity contribution < 1.29 is 0 Å². The average Bonchev–Trinajstić information content (AvgIpc) is 2.61. The predicted octanol–water partition coefficient (Wildman–Crippen LogP) is 2.41. The van der Waals surface area contributed by atoms with Crippen LogP contribution in [0.3, 0.4) is 0 Å². The van der Waals surface area contributed by atoms with E-state index in [1.54, 1.807) is 0 Å². The van der Waals surface area contributed by atoms with Crippen molar-refractivity contribution in [2.24, 2.45) is 0 Å². The molecule has 2 rings (SSSR count). The Kier molecular flexibility index (Phi) is 3.06. The van der Waals surface area contributed by atoms with Crippen molar-refractivity contribution in [3.05, 3.63) is 17.5 Å². The Morgan fingerprint density at radius 2 is 1.94 bits per heavy atom. The Hall–Kier alpha value is -0.830. The van der Waals surface area contributed by atoms with Gasteiger partial charge in [0.2, 0.25) is 0 Å². The van der Waals surface area contributed by atoms with Crippen molar-refractivity contribution in [2.75, 3.05) is 13.1 Å². The van der Waals surface area contributed by atoms with Gasteiger partial charge in [-0.3, -0.25) is 4.68 Å². The molecule has 0 spiro atoms. The van der Waals surface area contributed by atoms with Crippen LogP contribution in [0.4, 0.5) is 0 Å². The summed E-state index contributed by atoms with van der Waals surface area (Å²) in [5.74, 6) is 0. The van der Waals surface area contributed by atoms with Crippen LogP contribution >= 0.6 is 0 Å². The zero-order valence-electron chi connectivity index (χ0n) is 10.9. The van der Waals surface area contributed by atoms with Gasteiger partial charge >= 0.3 is 0 Å². The fraction of sp³-hybridized carbons (Fsp3) is 0.769. The Bertz CT molecular complexity index is 354. The van der Waals surface area contributed by atoms with Crippen LogP contribution in [0.25, 0.3) is 0 Å². The van der Waals surface area contributed by atoms with Gasteiger partial charge in [-0.15, -0.1) is 0 Å². The van der Waals surface area contributed by atoms with E-state index in [9.17, 15) is 0 Å². The minimum atomic E-state index is 0.204. The van der Waals surface area contributed by atoms with E-state index in [-0.39, 0.29) is 5.41 Å². The molecule has 0 amide bonds. The van der Waals surface area contributed by atoms with Gasteiger partial charge in [-0.1, -0.05) is 20.8 Å². The molecule has 16 heavy (non-hydrogen) atoms. The van der Waals surface area contributed by atoms with Gasteiger partial charge in [-0.2, -0.15) is 5.10 Å². The lowest BCUT2D eigenvalue weighted by Gasteiger charge is -2.25. The molecule has 1 aromatic heterocycles. The topological polar surface area (TPSA) is 29.9 Å². The third-order valence-electron chi connectivity index (χ3n) is 3.51. The van der Waals surface area contributed by atoms with Gasteiger partial charge in [0.25, 0.3) is 0 Å². The van der Waals surface area contributed by atoms with E-state index in [0.29, 0.717) is 6.04 Å². The van der Waals surface area contributed by atoms with Crippen LogP contribution < -0.4 is 5.32 Å². The zero-order valence-corrected chi connectivity index (χ0v) is 10.9. The summed E-state index contributed by atoms with van der Waals surface area (Å²) in [6.45, 7) is 11.2. The van der Waals surface area contributed by atoms with Crippen LogP contribution in [0.15, 0.2) is 6.20 Å². The predicted molar refractivity (Wildman–Crippen MR) is 66.8 cm³/mol. The van der Waals surface area contributed by atoms with Gasteiger partial charge in [0.15, 0.2) is 0 Å². The SMILES string of the molecule is Cc1c(C(C)(C)C)cnn1C1CCNCC1. The molecule has 0 unspecified atom stereocenters. The Balaban J connectivity index is 2.25. The van der Waals surface area contributed by atoms with Gasteiger partial charge in [0.1, 0.15) is 0 Å². The number of aromatic nitrogens is 2. The van der Waals surface area contributed by atoms with Crippen molar-refractivity contribution >= 4 is 0 Å². The molecule has 0 bridgehead atoms. The second kappa shape index (κ2) is 4.21. The summed E-state index contributed by atoms with van der Waals surface area (Å²) in [4.78, 5) is 0. The molecule has 1 aromatic rings. The summed E-state index contributed by atoms with van der Waals surface area (Å²) in [7, 11) is 0. The molecule has 3 nitrogen and oxygen atoms in total. The highest BCUT2D eigenvalue weighted by Gasteiger charge is 2.23. The molecule has 0 radical (unpaired) electrons. The smallest absolute Gasteiger partial charge is 0.0546 e. The molecular formula is C13H23N3. The molecule has 3 heteroatoms. The molecule has 0 atom stereocenters. The van der Waals surface area contributed by atoms with Crippen LogP contribution in [0, 0.1) is 6.92 Å². The van der Waals surface area contributed by atoms with E-state index < -0.39 is 0 Å². The summed E-state index contributed by atoms with van der Waals surface area (Å²) >= 11 is 0. The summed E-state index contributed by atoms with van der Waals surface area (Å²) in [6.07, 6.45) is 4.45. The fourth-order valence-corrected chi connectivity index (χ4v) is 2.58. The summed E-state index contributed by atoms with van der Waals surface area (Å²) in [5, 5.41) is 7.99. The van der Waals surface area contributed by atoms with Gasteiger partial charge in [-0.25, -0.2) is 0 Å². The number of piperidine rings is 1. The average molecular weight is 221 g/mol. The van der Waals surface area contributed by atoms with E-state index in [0.717, 1.165) is 13.1 Å². The summed E-state index contributed by atoms with van der Waals surface area (Å²) in [6, 6.07) is 0.595. The van der Waals surface area contributed by atoms with E-state index in [2.05, 4.69) is 49.0 Å². The molecular weight excluding hydrogens is 198 g/mol. The van der Waals surface area contributed by atoms with Crippen molar-refractivity contribution in [2.45, 2.75) is 52.0 Å². The molecule has 0 saturated carbocycles. The Morgan fingerprint density at radius 1 is 1.31 bits per heavy atom. The van der Waals surface area contributed by atoms with Gasteiger partial charge < -0.3 is 5.32 Å². The van der Waals surface area contributed by atoms with E-state index in [1.807, 2.05) is 0 Å². The number of hydrogen-bond donors (Lipinski definition) is 1. The largest absolute Gasteiger partial charge is 0.317 e. The second-order valence-corrected chi connectivity index (χ2v) is 5.82. The van der Waals surface area contributed by atoms with Gasteiger partial charge in [0, 0.05) is 5.69 Å². The van der Waals surface area contributed by atoms with E-state index in [4.69, 9.17) is 0 Å². The first kappa shape index (κ1) is 11.6. The molecule has 2 heterocycles. The quantitative estimate of drug-likeness (QED) is 0.789. The lowest BCUT2D eigenvalue weighted by Crippen LogP contribution is -2.30. The van der Waals surface area contributed by atoms with Gasteiger partial charge in [0.05, 0.1) is 12.2 Å². The van der Waals surface area contributed by atoms with Crippen LogP contribution in [-0.2, 0) is 5.41 Å². The Morgan fingerprint density at radius 3 is 2.44 bits per heavy atom. The minimum absolute atomic E-state index is 0.204. The van der Waals surface area contributed by atoms with Crippen molar-refractivity contribution in [3.63, 3.8) is 0 Å². The van der Waals surface area contributed by atoms with Crippen LogP contribution in [0.2, 0.25) is 0 Å². The highest BCUT2D eigenvalue weighted by atomic mass is 15.3. The fourth-order valence-electron chi connectivity index (χ4n) is 2.58. The third kappa shape index (κ3) is 2.14. The molecule has 1 aliphatic rings. The molecule has 0 aliphatic carbocycles. The molecule has 1 aliphatic heterocycles. The van der Waals surface area contributed by atoms with Crippen molar-refractivity contribution in [1.82, 2.24) is 15.1 Å². The Labute approximate surface area is 98.2 Å². The van der Waals surface area contributed by atoms with Crippen molar-refractivity contribution in [3.8, 4) is 0 Å². The minimum Gasteiger partial charge on any atom is -0.317 e. The number of hydrogen-bond acceptors (Lipinski definition) is 2. The van der Waals surface area contributed by atoms with Crippen LogP contribution in [-0.4, -0.2) is 22.9 Å². The zero-order chi connectivity index (χ0) is 11.8. The molecule has 1 N–H and O–H groups in total. The lowest BCUT2D eigenvalue weighted by atomic mass is 9.87. The second-order valence-electron chi connectivity index (χ2n) is 5.82. The number of nitrogens with zero attached hydrogens (tertiary/aromatic N) is 2. The van der Waals surface area contributed by atoms with Gasteiger partial charge in [-0.05, 0) is 43.8 Å². The molecule has 90 valence electrons. The maximum absolute atomic E-state index is 4.59. The van der Waals surface area contributed by atoms with Crippen molar-refractivity contribution in [1.29, 1.82) is 0 Å². The highest BCUT2D eigenvalue weighted by Crippen LogP contribution is 2.28. The maximum Gasteiger partial charge on any atom is 0.0546 e. The third-order valence-corrected chi connectivity index (χ3v) is 3.51. The highest BCUT2D eigenvalue weighted by molar-refractivity contribution is 5.24. The first-order valence-corrected chi connectivity index (χ1v) is 6.25. The molecule has 1 fully saturated rings. The summed E-state index contributed by atoms with van der Waals surface area (Å²) in [5.41, 5.74) is 2.93.